The van der Waals surface area contributed by atoms with E-state index >= 15 is 0 Å². The maximum Gasteiger partial charge on any atom is 0.244 e. The molecule has 0 aliphatic rings. The van der Waals surface area contributed by atoms with E-state index in [1.807, 2.05) is 5.38 Å². The van der Waals surface area contributed by atoms with E-state index in [9.17, 15) is 4.79 Å². The number of imidazole rings is 1. The van der Waals surface area contributed by atoms with E-state index < -0.39 is 31.3 Å². The number of aliphatic hydroxyl groups excluding tert-OH is 3. The van der Waals surface area contributed by atoms with Gasteiger partial charge in [-0.2, -0.15) is 0 Å². The van der Waals surface area contributed by atoms with Crippen LogP contribution < -0.4 is 5.32 Å². The summed E-state index contributed by atoms with van der Waals surface area (Å²) >= 11 is 7.39. The molecule has 2 heterocycles. The van der Waals surface area contributed by atoms with Crippen molar-refractivity contribution in [2.24, 2.45) is 0 Å². The second kappa shape index (κ2) is 6.54. The van der Waals surface area contributed by atoms with Crippen LogP contribution in [-0.4, -0.2) is 56.0 Å². The van der Waals surface area contributed by atoms with Gasteiger partial charge in [-0.3, -0.25) is 9.20 Å². The molecule has 2 rings (SSSR count). The standard InChI is InChI=1S/C12H14ClN3O4S/c13-10-8(16-3-4-21-11(16)14-10)1-2-9(20)15-12(5-17,6-18)7-19/h1-4,17-19H,5-7H2,(H,15,20)/b2-1+. The predicted octanol–water partition coefficient (Wildman–Crippen LogP) is -0.106. The lowest BCUT2D eigenvalue weighted by Crippen LogP contribution is -2.56. The maximum atomic E-state index is 11.8. The van der Waals surface area contributed by atoms with Gasteiger partial charge in [-0.05, 0) is 6.08 Å². The number of nitrogens with one attached hydrogen (secondary N) is 1. The monoisotopic (exact) mass is 331 g/mol. The topological polar surface area (TPSA) is 107 Å². The third kappa shape index (κ3) is 3.25. The highest BCUT2D eigenvalue weighted by molar-refractivity contribution is 7.15. The molecule has 0 saturated heterocycles. The predicted molar refractivity (Wildman–Crippen MR) is 79.2 cm³/mol. The summed E-state index contributed by atoms with van der Waals surface area (Å²) in [6.45, 7) is -1.74. The van der Waals surface area contributed by atoms with Gasteiger partial charge in [-0.1, -0.05) is 11.6 Å². The molecule has 114 valence electrons. The zero-order chi connectivity index (χ0) is 15.5. The Hall–Kier alpha value is -1.45. The van der Waals surface area contributed by atoms with Crippen molar-refractivity contribution in [1.82, 2.24) is 14.7 Å². The van der Waals surface area contributed by atoms with E-state index in [0.717, 1.165) is 0 Å². The second-order valence-corrected chi connectivity index (χ2v) is 5.65. The first-order valence-electron chi connectivity index (χ1n) is 5.99. The number of halogens is 1. The Bertz CT molecular complexity index is 654. The van der Waals surface area contributed by atoms with Crippen molar-refractivity contribution in [2.75, 3.05) is 19.8 Å². The fourth-order valence-corrected chi connectivity index (χ4v) is 2.66. The second-order valence-electron chi connectivity index (χ2n) is 4.42. The third-order valence-corrected chi connectivity index (χ3v) is 3.98. The van der Waals surface area contributed by atoms with Gasteiger partial charge in [0.2, 0.25) is 5.91 Å². The quantitative estimate of drug-likeness (QED) is 0.553. The highest BCUT2D eigenvalue weighted by Crippen LogP contribution is 2.22. The van der Waals surface area contributed by atoms with Crippen LogP contribution in [0.2, 0.25) is 5.15 Å². The Morgan fingerprint density at radius 2 is 2.10 bits per heavy atom. The molecule has 0 aliphatic heterocycles. The molecule has 0 bridgehead atoms. The van der Waals surface area contributed by atoms with E-state index in [4.69, 9.17) is 26.9 Å². The van der Waals surface area contributed by atoms with E-state index in [0.29, 0.717) is 10.7 Å². The number of nitrogens with zero attached hydrogens (tertiary/aromatic N) is 2. The van der Waals surface area contributed by atoms with E-state index in [2.05, 4.69) is 10.3 Å². The van der Waals surface area contributed by atoms with Gasteiger partial charge in [0, 0.05) is 17.7 Å². The van der Waals surface area contributed by atoms with Crippen LogP contribution in [-0.2, 0) is 4.79 Å². The number of rotatable bonds is 6. The lowest BCUT2D eigenvalue weighted by Gasteiger charge is -2.27. The largest absolute Gasteiger partial charge is 0.394 e. The van der Waals surface area contributed by atoms with Gasteiger partial charge in [0.05, 0.1) is 25.5 Å². The minimum atomic E-state index is -1.46. The van der Waals surface area contributed by atoms with Crippen LogP contribution in [0.4, 0.5) is 0 Å². The smallest absolute Gasteiger partial charge is 0.244 e. The molecule has 21 heavy (non-hydrogen) atoms. The Labute approximate surface area is 129 Å². The first-order chi connectivity index (χ1) is 10.0. The molecule has 0 fully saturated rings. The summed E-state index contributed by atoms with van der Waals surface area (Å²) in [4.78, 5) is 16.6. The highest BCUT2D eigenvalue weighted by Gasteiger charge is 2.29. The molecule has 2 aromatic heterocycles. The summed E-state index contributed by atoms with van der Waals surface area (Å²) in [5.74, 6) is -0.576. The zero-order valence-electron chi connectivity index (χ0n) is 10.9. The summed E-state index contributed by atoms with van der Waals surface area (Å²) in [6, 6.07) is 0. The molecule has 0 saturated carbocycles. The lowest BCUT2D eigenvalue weighted by molar-refractivity contribution is -0.120. The normalized spacial score (nSPS) is 12.4. The first-order valence-corrected chi connectivity index (χ1v) is 7.25. The van der Waals surface area contributed by atoms with Gasteiger partial charge >= 0.3 is 0 Å². The molecule has 1 amide bonds. The first kappa shape index (κ1) is 15.9. The van der Waals surface area contributed by atoms with Crippen LogP contribution in [0.1, 0.15) is 5.69 Å². The van der Waals surface area contributed by atoms with Gasteiger partial charge in [-0.25, -0.2) is 4.98 Å². The Morgan fingerprint density at radius 3 is 2.71 bits per heavy atom. The summed E-state index contributed by atoms with van der Waals surface area (Å²) < 4.78 is 1.73. The van der Waals surface area contributed by atoms with Gasteiger partial charge in [0.1, 0.15) is 5.54 Å². The molecule has 0 atom stereocenters. The molecule has 9 heteroatoms. The number of fused-ring (bicyclic) bond motifs is 1. The summed E-state index contributed by atoms with van der Waals surface area (Å²) in [7, 11) is 0. The van der Waals surface area contributed by atoms with Crippen LogP contribution in [0.3, 0.4) is 0 Å². The van der Waals surface area contributed by atoms with Crippen molar-refractivity contribution in [3.63, 3.8) is 0 Å². The van der Waals surface area contributed by atoms with Gasteiger partial charge in [0.15, 0.2) is 10.1 Å². The average Bonchev–Trinajstić information content (AvgIpc) is 3.03. The molecule has 0 spiro atoms. The zero-order valence-corrected chi connectivity index (χ0v) is 12.4. The number of hydrogen-bond acceptors (Lipinski definition) is 6. The average molecular weight is 332 g/mol. The van der Waals surface area contributed by atoms with E-state index in [1.54, 1.807) is 10.6 Å². The third-order valence-electron chi connectivity index (χ3n) is 2.94. The van der Waals surface area contributed by atoms with Crippen molar-refractivity contribution in [3.05, 3.63) is 28.5 Å². The Kier molecular flexibility index (Phi) is 4.96. The minimum absolute atomic E-state index is 0.267. The van der Waals surface area contributed by atoms with Crippen LogP contribution in [0.15, 0.2) is 17.7 Å². The van der Waals surface area contributed by atoms with Crippen molar-refractivity contribution in [3.8, 4) is 0 Å². The lowest BCUT2D eigenvalue weighted by atomic mass is 10.0. The Balaban J connectivity index is 2.15. The van der Waals surface area contributed by atoms with Crippen molar-refractivity contribution in [1.29, 1.82) is 0 Å². The van der Waals surface area contributed by atoms with Crippen molar-refractivity contribution < 1.29 is 20.1 Å². The fourth-order valence-electron chi connectivity index (χ4n) is 1.65. The molecule has 0 radical (unpaired) electrons. The maximum absolute atomic E-state index is 11.8. The van der Waals surface area contributed by atoms with Crippen molar-refractivity contribution >= 4 is 39.9 Å². The van der Waals surface area contributed by atoms with Crippen molar-refractivity contribution in [2.45, 2.75) is 5.54 Å². The van der Waals surface area contributed by atoms with Gasteiger partial charge in [-0.15, -0.1) is 11.3 Å². The molecule has 7 nitrogen and oxygen atoms in total. The highest BCUT2D eigenvalue weighted by atomic mass is 35.5. The molecular weight excluding hydrogens is 318 g/mol. The van der Waals surface area contributed by atoms with Gasteiger partial charge < -0.3 is 20.6 Å². The SMILES string of the molecule is O=C(/C=C/c1c(Cl)nc2sccn12)NC(CO)(CO)CO. The number of thiazole rings is 1. The summed E-state index contributed by atoms with van der Waals surface area (Å²) in [5.41, 5.74) is -0.911. The number of carbonyl (C=O) groups is 1. The molecule has 0 unspecified atom stereocenters. The number of aromatic nitrogens is 2. The fraction of sp³-hybridized carbons (Fsp3) is 0.333. The van der Waals surface area contributed by atoms with E-state index in [-0.39, 0.29) is 5.15 Å². The van der Waals surface area contributed by atoms with Crippen LogP contribution in [0.5, 0.6) is 0 Å². The Morgan fingerprint density at radius 1 is 1.43 bits per heavy atom. The van der Waals surface area contributed by atoms with Crippen LogP contribution in [0.25, 0.3) is 11.0 Å². The molecular formula is C12H14ClN3O4S. The summed E-state index contributed by atoms with van der Waals surface area (Å²) in [6.07, 6.45) is 4.44. The van der Waals surface area contributed by atoms with E-state index in [1.165, 1.54) is 23.5 Å². The number of carbonyl (C=O) groups excluding carboxylic acids is 1. The minimum Gasteiger partial charge on any atom is -0.394 e. The van der Waals surface area contributed by atoms with Crippen LogP contribution >= 0.6 is 22.9 Å². The van der Waals surface area contributed by atoms with Gasteiger partial charge in [0.25, 0.3) is 0 Å². The number of aliphatic hydroxyl groups is 3. The number of hydrogen-bond donors (Lipinski definition) is 4. The molecule has 0 aromatic carbocycles. The molecule has 2 aromatic rings. The molecule has 0 aliphatic carbocycles. The number of amides is 1. The van der Waals surface area contributed by atoms with Crippen LogP contribution in [0, 0.1) is 0 Å². The summed E-state index contributed by atoms with van der Waals surface area (Å²) in [5, 5.41) is 31.9. The molecule has 4 N–H and O–H groups in total.